The Morgan fingerprint density at radius 1 is 1.15 bits per heavy atom. The molecule has 3 aliphatic carbocycles. The van der Waals surface area contributed by atoms with Gasteiger partial charge in [0.05, 0.1) is 5.60 Å². The summed E-state index contributed by atoms with van der Waals surface area (Å²) >= 11 is 0. The summed E-state index contributed by atoms with van der Waals surface area (Å²) < 4.78 is 5.69. The Kier molecular flexibility index (Phi) is 4.90. The van der Waals surface area contributed by atoms with Gasteiger partial charge in [-0.15, -0.1) is 0 Å². The van der Waals surface area contributed by atoms with Gasteiger partial charge in [-0.1, -0.05) is 40.2 Å². The summed E-state index contributed by atoms with van der Waals surface area (Å²) in [4.78, 5) is 25.8. The van der Waals surface area contributed by atoms with E-state index in [1.807, 2.05) is 27.7 Å². The number of aliphatic hydroxyl groups is 1. The van der Waals surface area contributed by atoms with E-state index < -0.39 is 28.5 Å². The molecule has 3 rings (SSSR count). The van der Waals surface area contributed by atoms with Crippen molar-refractivity contribution in [3.8, 4) is 0 Å². The minimum Gasteiger partial charge on any atom is -0.450 e. The molecule has 0 aliphatic heterocycles. The fraction of sp³-hybridized carbons (Fsp3) is 0.826. The molecule has 0 heterocycles. The molecular weight excluding hydrogens is 340 g/mol. The van der Waals surface area contributed by atoms with Gasteiger partial charge in [0, 0.05) is 17.8 Å². The number of ether oxygens (including phenoxy) is 1. The molecule has 0 amide bonds. The molecule has 4 nitrogen and oxygen atoms in total. The van der Waals surface area contributed by atoms with Gasteiger partial charge in [0.1, 0.15) is 0 Å². The lowest BCUT2D eigenvalue weighted by molar-refractivity contribution is -0.171. The quantitative estimate of drug-likeness (QED) is 0.542. The molecule has 0 aromatic rings. The minimum atomic E-state index is -0.882. The van der Waals surface area contributed by atoms with Gasteiger partial charge in [-0.05, 0) is 62.4 Å². The van der Waals surface area contributed by atoms with Crippen molar-refractivity contribution >= 4 is 11.8 Å². The molecule has 2 bridgehead atoms. The van der Waals surface area contributed by atoms with Gasteiger partial charge >= 0.3 is 5.97 Å². The number of hydrogen-bond donors (Lipinski definition) is 1. The lowest BCUT2D eigenvalue weighted by Gasteiger charge is -2.57. The zero-order chi connectivity index (χ0) is 20.4. The molecule has 2 saturated carbocycles. The SMILES string of the molecule is CC(=O)O[C@H]1C(=O)[C@]2(C)C[C@@H](C)[C@@H](C)CC2C[C@]2(O)CCC(C)=C1C2(C)C. The molecule has 0 spiro atoms. The minimum absolute atomic E-state index is 0.0350. The number of hydrogen-bond acceptors (Lipinski definition) is 4. The Morgan fingerprint density at radius 2 is 1.78 bits per heavy atom. The van der Waals surface area contributed by atoms with Gasteiger partial charge in [-0.25, -0.2) is 0 Å². The maximum absolute atomic E-state index is 13.9. The predicted octanol–water partition coefficient (Wildman–Crippen LogP) is 4.45. The molecule has 0 saturated heterocycles. The molecule has 4 heteroatoms. The van der Waals surface area contributed by atoms with Crippen molar-refractivity contribution in [1.82, 2.24) is 0 Å². The molecule has 1 N–H and O–H groups in total. The first-order valence-electron chi connectivity index (χ1n) is 10.5. The molecular formula is C23H36O4. The average Bonchev–Trinajstić information content (AvgIpc) is 2.54. The average molecular weight is 377 g/mol. The zero-order valence-corrected chi connectivity index (χ0v) is 18.0. The largest absolute Gasteiger partial charge is 0.450 e. The number of fused-ring (bicyclic) bond motifs is 3. The second-order valence-corrected chi connectivity index (χ2v) is 10.4. The molecule has 152 valence electrons. The number of Topliss-reactive ketones (excluding diaryl/α,β-unsaturated/α-hetero) is 1. The first kappa shape index (κ1) is 20.6. The van der Waals surface area contributed by atoms with Crippen LogP contribution in [0.3, 0.4) is 0 Å². The van der Waals surface area contributed by atoms with E-state index in [2.05, 4.69) is 13.8 Å². The third kappa shape index (κ3) is 2.99. The first-order valence-corrected chi connectivity index (χ1v) is 10.5. The third-order valence-electron chi connectivity index (χ3n) is 8.42. The molecule has 27 heavy (non-hydrogen) atoms. The van der Waals surface area contributed by atoms with E-state index in [1.54, 1.807) is 0 Å². The van der Waals surface area contributed by atoms with Crippen molar-refractivity contribution in [1.29, 1.82) is 0 Å². The van der Waals surface area contributed by atoms with Gasteiger partial charge in [-0.3, -0.25) is 9.59 Å². The Morgan fingerprint density at radius 3 is 2.37 bits per heavy atom. The summed E-state index contributed by atoms with van der Waals surface area (Å²) in [5, 5.41) is 11.8. The zero-order valence-electron chi connectivity index (χ0n) is 18.0. The second kappa shape index (κ2) is 6.43. The van der Waals surface area contributed by atoms with Crippen LogP contribution in [0.1, 0.15) is 80.6 Å². The van der Waals surface area contributed by atoms with Crippen LogP contribution in [0, 0.1) is 28.6 Å². The normalized spacial score (nSPS) is 44.2. The summed E-state index contributed by atoms with van der Waals surface area (Å²) in [7, 11) is 0. The van der Waals surface area contributed by atoms with Crippen LogP contribution in [-0.2, 0) is 14.3 Å². The number of ketones is 1. The highest BCUT2D eigenvalue weighted by atomic mass is 16.5. The summed E-state index contributed by atoms with van der Waals surface area (Å²) in [5.74, 6) is 0.669. The molecule has 3 aliphatic rings. The van der Waals surface area contributed by atoms with Gasteiger partial charge < -0.3 is 9.84 Å². The van der Waals surface area contributed by atoms with Gasteiger partial charge in [0.15, 0.2) is 11.9 Å². The maximum Gasteiger partial charge on any atom is 0.303 e. The van der Waals surface area contributed by atoms with Gasteiger partial charge in [-0.2, -0.15) is 0 Å². The Balaban J connectivity index is 2.21. The van der Waals surface area contributed by atoms with Crippen LogP contribution < -0.4 is 0 Å². The summed E-state index contributed by atoms with van der Waals surface area (Å²) in [5.41, 5.74) is -0.128. The van der Waals surface area contributed by atoms with Gasteiger partial charge in [0.25, 0.3) is 0 Å². The fourth-order valence-corrected chi connectivity index (χ4v) is 6.24. The van der Waals surface area contributed by atoms with Crippen molar-refractivity contribution in [2.45, 2.75) is 92.3 Å². The van der Waals surface area contributed by atoms with E-state index in [1.165, 1.54) is 6.92 Å². The van der Waals surface area contributed by atoms with Crippen LogP contribution in [0.5, 0.6) is 0 Å². The number of carbonyl (C=O) groups excluding carboxylic acids is 2. The van der Waals surface area contributed by atoms with Crippen LogP contribution in [0.4, 0.5) is 0 Å². The summed E-state index contributed by atoms with van der Waals surface area (Å²) in [6.07, 6.45) is 2.94. The predicted molar refractivity (Wildman–Crippen MR) is 105 cm³/mol. The molecule has 1 unspecified atom stereocenters. The van der Waals surface area contributed by atoms with Crippen molar-refractivity contribution in [3.05, 3.63) is 11.1 Å². The van der Waals surface area contributed by atoms with E-state index in [-0.39, 0.29) is 11.7 Å². The van der Waals surface area contributed by atoms with Crippen molar-refractivity contribution in [2.75, 3.05) is 0 Å². The van der Waals surface area contributed by atoms with Crippen molar-refractivity contribution in [2.24, 2.45) is 28.6 Å². The second-order valence-electron chi connectivity index (χ2n) is 10.4. The van der Waals surface area contributed by atoms with Gasteiger partial charge in [0.2, 0.25) is 0 Å². The fourth-order valence-electron chi connectivity index (χ4n) is 6.24. The number of esters is 1. The molecule has 0 aromatic heterocycles. The third-order valence-corrected chi connectivity index (χ3v) is 8.42. The van der Waals surface area contributed by atoms with Crippen LogP contribution in [-0.4, -0.2) is 28.6 Å². The Labute approximate surface area is 163 Å². The highest BCUT2D eigenvalue weighted by Gasteiger charge is 2.61. The lowest BCUT2D eigenvalue weighted by atomic mass is 9.49. The summed E-state index contributed by atoms with van der Waals surface area (Å²) in [6.45, 7) is 13.9. The highest BCUT2D eigenvalue weighted by molar-refractivity contribution is 5.94. The molecule has 6 atom stereocenters. The number of carbonyl (C=O) groups is 2. The Hall–Kier alpha value is -1.16. The number of rotatable bonds is 1. The van der Waals surface area contributed by atoms with Crippen molar-refractivity contribution < 1.29 is 19.4 Å². The smallest absolute Gasteiger partial charge is 0.303 e. The summed E-state index contributed by atoms with van der Waals surface area (Å²) in [6, 6.07) is 0. The molecule has 2 fully saturated rings. The van der Waals surface area contributed by atoms with Crippen LogP contribution >= 0.6 is 0 Å². The van der Waals surface area contributed by atoms with Crippen LogP contribution in [0.15, 0.2) is 11.1 Å². The van der Waals surface area contributed by atoms with E-state index in [4.69, 9.17) is 4.74 Å². The number of allylic oxidation sites excluding steroid dienone is 1. The lowest BCUT2D eigenvalue weighted by Crippen LogP contribution is -2.61. The van der Waals surface area contributed by atoms with Crippen LogP contribution in [0.25, 0.3) is 0 Å². The van der Waals surface area contributed by atoms with E-state index in [0.717, 1.165) is 30.4 Å². The Bertz CT molecular complexity index is 690. The van der Waals surface area contributed by atoms with E-state index in [9.17, 15) is 14.7 Å². The maximum atomic E-state index is 13.9. The first-order chi connectivity index (χ1) is 12.3. The van der Waals surface area contributed by atoms with E-state index in [0.29, 0.717) is 24.7 Å². The van der Waals surface area contributed by atoms with E-state index >= 15 is 0 Å². The topological polar surface area (TPSA) is 63.6 Å². The van der Waals surface area contributed by atoms with Crippen LogP contribution in [0.2, 0.25) is 0 Å². The standard InChI is InChI=1S/C23H36O4/c1-13-8-9-23(26)12-17-10-14(2)15(3)11-22(17,7)20(25)19(27-16(4)24)18(13)21(23,5)6/h14-15,17,19,26H,8-12H2,1-7H3/t14-,15+,17?,19+,22+,23+/m0/s1. The molecule has 0 radical (unpaired) electrons. The van der Waals surface area contributed by atoms with Crippen molar-refractivity contribution in [3.63, 3.8) is 0 Å². The molecule has 0 aromatic carbocycles. The monoisotopic (exact) mass is 376 g/mol. The highest BCUT2D eigenvalue weighted by Crippen LogP contribution is 2.59.